The zero-order valence-electron chi connectivity index (χ0n) is 10.4. The van der Waals surface area contributed by atoms with Crippen molar-refractivity contribution in [3.05, 3.63) is 28.2 Å². The van der Waals surface area contributed by atoms with Gasteiger partial charge in [0.15, 0.2) is 5.17 Å². The zero-order chi connectivity index (χ0) is 12.5. The first kappa shape index (κ1) is 13.0. The number of nitrogens with zero attached hydrogens (tertiary/aromatic N) is 1. The molecular weight excluding hydrogens is 296 g/mol. The summed E-state index contributed by atoms with van der Waals surface area (Å²) >= 11 is 5.35. The second kappa shape index (κ2) is 5.02. The van der Waals surface area contributed by atoms with E-state index in [4.69, 9.17) is 4.99 Å². The van der Waals surface area contributed by atoms with Gasteiger partial charge in [0.25, 0.3) is 0 Å². The molecule has 0 radical (unpaired) electrons. The van der Waals surface area contributed by atoms with Crippen molar-refractivity contribution in [1.29, 1.82) is 0 Å². The van der Waals surface area contributed by atoms with Crippen LogP contribution in [0.1, 0.15) is 25.8 Å². The summed E-state index contributed by atoms with van der Waals surface area (Å²) in [5.41, 5.74) is 2.40. The molecule has 0 saturated heterocycles. The highest BCUT2D eigenvalue weighted by atomic mass is 79.9. The Labute approximate surface area is 115 Å². The Morgan fingerprint density at radius 1 is 1.41 bits per heavy atom. The van der Waals surface area contributed by atoms with E-state index in [1.54, 1.807) is 11.8 Å². The number of aliphatic imine (C=N–C) groups is 1. The highest BCUT2D eigenvalue weighted by molar-refractivity contribution is 9.10. The van der Waals surface area contributed by atoms with Crippen LogP contribution in [0.25, 0.3) is 0 Å². The van der Waals surface area contributed by atoms with Crippen LogP contribution in [-0.2, 0) is 0 Å². The number of halogens is 1. The molecule has 0 unspecified atom stereocenters. The van der Waals surface area contributed by atoms with Crippen LogP contribution in [0.2, 0.25) is 0 Å². The molecule has 0 spiro atoms. The minimum absolute atomic E-state index is 0.0594. The number of hydrogen-bond acceptors (Lipinski definition) is 3. The number of thioether (sulfide) groups is 1. The zero-order valence-corrected chi connectivity index (χ0v) is 12.8. The van der Waals surface area contributed by atoms with E-state index < -0.39 is 0 Å². The molecule has 1 aliphatic heterocycles. The average molecular weight is 313 g/mol. The molecule has 0 atom stereocenters. The topological polar surface area (TPSA) is 24.4 Å². The SMILES string of the molecule is Cc1ccc(Br)c(NC2=NC(C)(C)CCS2)c1. The van der Waals surface area contributed by atoms with Gasteiger partial charge in [0.1, 0.15) is 0 Å². The highest BCUT2D eigenvalue weighted by Crippen LogP contribution is 2.29. The van der Waals surface area contributed by atoms with Crippen molar-refractivity contribution in [2.45, 2.75) is 32.7 Å². The Kier molecular flexibility index (Phi) is 3.83. The number of aryl methyl sites for hydroxylation is 1. The van der Waals surface area contributed by atoms with Gasteiger partial charge in [-0.05, 0) is 60.8 Å². The van der Waals surface area contributed by atoms with Crippen LogP contribution in [0.3, 0.4) is 0 Å². The number of nitrogens with one attached hydrogen (secondary N) is 1. The molecule has 1 aromatic carbocycles. The van der Waals surface area contributed by atoms with Crippen LogP contribution in [0, 0.1) is 6.92 Å². The molecule has 1 aliphatic rings. The van der Waals surface area contributed by atoms with Crippen molar-refractivity contribution in [3.8, 4) is 0 Å². The Hall–Kier alpha value is -0.480. The van der Waals surface area contributed by atoms with Gasteiger partial charge >= 0.3 is 0 Å². The van der Waals surface area contributed by atoms with Crippen LogP contribution in [0.5, 0.6) is 0 Å². The van der Waals surface area contributed by atoms with Gasteiger partial charge in [-0.15, -0.1) is 0 Å². The molecule has 0 amide bonds. The predicted molar refractivity (Wildman–Crippen MR) is 81.1 cm³/mol. The molecule has 0 fully saturated rings. The molecule has 17 heavy (non-hydrogen) atoms. The standard InChI is InChI=1S/C13H17BrN2S/c1-9-4-5-10(14)11(8-9)15-12-16-13(2,3)6-7-17-12/h4-5,8H,6-7H2,1-3H3,(H,15,16). The summed E-state index contributed by atoms with van der Waals surface area (Å²) in [5.74, 6) is 1.13. The number of benzene rings is 1. The van der Waals surface area contributed by atoms with Crippen LogP contribution in [0.15, 0.2) is 27.7 Å². The van der Waals surface area contributed by atoms with Crippen LogP contribution in [-0.4, -0.2) is 16.5 Å². The Bertz CT molecular complexity index is 455. The molecule has 0 bridgehead atoms. The third kappa shape index (κ3) is 3.49. The second-order valence-electron chi connectivity index (χ2n) is 4.94. The van der Waals surface area contributed by atoms with E-state index in [1.165, 1.54) is 5.56 Å². The molecule has 0 aromatic heterocycles. The van der Waals surface area contributed by atoms with Gasteiger partial charge in [-0.2, -0.15) is 0 Å². The number of hydrogen-bond donors (Lipinski definition) is 1. The minimum atomic E-state index is 0.0594. The molecule has 0 aliphatic carbocycles. The van der Waals surface area contributed by atoms with E-state index in [0.29, 0.717) is 0 Å². The second-order valence-corrected chi connectivity index (χ2v) is 6.87. The quantitative estimate of drug-likeness (QED) is 0.829. The number of anilines is 1. The first-order valence-corrected chi connectivity index (χ1v) is 7.50. The molecule has 0 saturated carbocycles. The lowest BCUT2D eigenvalue weighted by atomic mass is 10.0. The van der Waals surface area contributed by atoms with Crippen LogP contribution < -0.4 is 5.32 Å². The van der Waals surface area contributed by atoms with E-state index in [-0.39, 0.29) is 5.54 Å². The van der Waals surface area contributed by atoms with Crippen molar-refractivity contribution in [2.24, 2.45) is 4.99 Å². The maximum Gasteiger partial charge on any atom is 0.161 e. The molecule has 2 rings (SSSR count). The fourth-order valence-corrected chi connectivity index (χ4v) is 3.31. The van der Waals surface area contributed by atoms with Gasteiger partial charge in [0.2, 0.25) is 0 Å². The maximum absolute atomic E-state index is 4.73. The summed E-state index contributed by atoms with van der Waals surface area (Å²) in [4.78, 5) is 4.73. The van der Waals surface area contributed by atoms with Gasteiger partial charge in [0, 0.05) is 10.2 Å². The third-order valence-electron chi connectivity index (χ3n) is 2.72. The fourth-order valence-electron chi connectivity index (χ4n) is 1.67. The Morgan fingerprint density at radius 2 is 2.18 bits per heavy atom. The lowest BCUT2D eigenvalue weighted by Gasteiger charge is -2.26. The first-order chi connectivity index (χ1) is 7.96. The summed E-state index contributed by atoms with van der Waals surface area (Å²) in [6, 6.07) is 6.29. The predicted octanol–water partition coefficient (Wildman–Crippen LogP) is 4.44. The van der Waals surface area contributed by atoms with Crippen molar-refractivity contribution in [3.63, 3.8) is 0 Å². The normalized spacial score (nSPS) is 18.7. The lowest BCUT2D eigenvalue weighted by Crippen LogP contribution is -2.27. The van der Waals surface area contributed by atoms with E-state index in [2.05, 4.69) is 60.2 Å². The summed E-state index contributed by atoms with van der Waals surface area (Å²) in [6.07, 6.45) is 1.14. The van der Waals surface area contributed by atoms with E-state index in [1.807, 2.05) is 0 Å². The number of amidine groups is 1. The summed E-state index contributed by atoms with van der Waals surface area (Å²) in [7, 11) is 0. The monoisotopic (exact) mass is 312 g/mol. The van der Waals surface area contributed by atoms with Gasteiger partial charge in [-0.25, -0.2) is 0 Å². The summed E-state index contributed by atoms with van der Waals surface area (Å²) in [6.45, 7) is 6.46. The van der Waals surface area contributed by atoms with Gasteiger partial charge in [-0.3, -0.25) is 4.99 Å². The Balaban J connectivity index is 2.21. The highest BCUT2D eigenvalue weighted by Gasteiger charge is 2.22. The van der Waals surface area contributed by atoms with Crippen molar-refractivity contribution in [1.82, 2.24) is 0 Å². The average Bonchev–Trinajstić information content (AvgIpc) is 2.22. The maximum atomic E-state index is 4.73. The van der Waals surface area contributed by atoms with Crippen LogP contribution in [0.4, 0.5) is 5.69 Å². The smallest absolute Gasteiger partial charge is 0.161 e. The molecule has 2 nitrogen and oxygen atoms in total. The van der Waals surface area contributed by atoms with Crippen molar-refractivity contribution in [2.75, 3.05) is 11.1 Å². The van der Waals surface area contributed by atoms with E-state index in [0.717, 1.165) is 27.5 Å². The van der Waals surface area contributed by atoms with E-state index in [9.17, 15) is 0 Å². The summed E-state index contributed by atoms with van der Waals surface area (Å²) < 4.78 is 1.08. The molecular formula is C13H17BrN2S. The minimum Gasteiger partial charge on any atom is -0.334 e. The molecule has 92 valence electrons. The first-order valence-electron chi connectivity index (χ1n) is 5.72. The fraction of sp³-hybridized carbons (Fsp3) is 0.462. The third-order valence-corrected chi connectivity index (χ3v) is 4.29. The largest absolute Gasteiger partial charge is 0.334 e. The molecule has 1 N–H and O–H groups in total. The molecule has 1 heterocycles. The van der Waals surface area contributed by atoms with Gasteiger partial charge in [-0.1, -0.05) is 17.8 Å². The molecule has 1 aromatic rings. The Morgan fingerprint density at radius 3 is 2.88 bits per heavy atom. The summed E-state index contributed by atoms with van der Waals surface area (Å²) in [5, 5.41) is 4.43. The number of rotatable bonds is 1. The molecule has 4 heteroatoms. The van der Waals surface area contributed by atoms with Crippen LogP contribution >= 0.6 is 27.7 Å². The van der Waals surface area contributed by atoms with Gasteiger partial charge < -0.3 is 5.32 Å². The van der Waals surface area contributed by atoms with E-state index >= 15 is 0 Å². The van der Waals surface area contributed by atoms with Crippen molar-refractivity contribution < 1.29 is 0 Å². The van der Waals surface area contributed by atoms with Gasteiger partial charge in [0.05, 0.1) is 11.2 Å². The lowest BCUT2D eigenvalue weighted by molar-refractivity contribution is 0.507. The van der Waals surface area contributed by atoms with Crippen molar-refractivity contribution >= 4 is 38.5 Å².